The van der Waals surface area contributed by atoms with E-state index in [2.05, 4.69) is 50.1 Å². The second-order valence-corrected chi connectivity index (χ2v) is 8.30. The second-order valence-electron chi connectivity index (χ2n) is 6.90. The summed E-state index contributed by atoms with van der Waals surface area (Å²) >= 11 is 7.74. The van der Waals surface area contributed by atoms with E-state index in [4.69, 9.17) is 11.6 Å². The molecule has 1 aromatic heterocycles. The van der Waals surface area contributed by atoms with Gasteiger partial charge in [0.25, 0.3) is 5.56 Å². The fourth-order valence-corrected chi connectivity index (χ4v) is 3.31. The van der Waals surface area contributed by atoms with Gasteiger partial charge in [0.1, 0.15) is 5.02 Å². The maximum atomic E-state index is 12.2. The Labute approximate surface area is 147 Å². The third kappa shape index (κ3) is 4.39. The van der Waals surface area contributed by atoms with Crippen molar-refractivity contribution in [2.75, 3.05) is 0 Å². The SMILES string of the molecule is CC(C)n1ncc(SCc2ccc(C(C)(C)C)cc2)c(Cl)c1=O. The summed E-state index contributed by atoms with van der Waals surface area (Å²) in [4.78, 5) is 12.9. The zero-order chi connectivity index (χ0) is 17.2. The van der Waals surface area contributed by atoms with Gasteiger partial charge in [0.15, 0.2) is 0 Å². The number of rotatable bonds is 4. The van der Waals surface area contributed by atoms with Gasteiger partial charge >= 0.3 is 0 Å². The van der Waals surface area contributed by atoms with Crippen LogP contribution < -0.4 is 5.56 Å². The lowest BCUT2D eigenvalue weighted by atomic mass is 9.87. The van der Waals surface area contributed by atoms with Crippen molar-refractivity contribution in [2.24, 2.45) is 0 Å². The third-order valence-corrected chi connectivity index (χ3v) is 5.19. The van der Waals surface area contributed by atoms with Gasteiger partial charge in [-0.1, -0.05) is 56.6 Å². The zero-order valence-electron chi connectivity index (χ0n) is 14.3. The largest absolute Gasteiger partial charge is 0.286 e. The first-order valence-electron chi connectivity index (χ1n) is 7.69. The van der Waals surface area contributed by atoms with E-state index >= 15 is 0 Å². The van der Waals surface area contributed by atoms with Crippen molar-refractivity contribution in [1.82, 2.24) is 9.78 Å². The Morgan fingerprint density at radius 1 is 1.22 bits per heavy atom. The monoisotopic (exact) mass is 350 g/mol. The Hall–Kier alpha value is -1.26. The molecule has 0 amide bonds. The maximum Gasteiger partial charge on any atom is 0.286 e. The molecular weight excluding hydrogens is 328 g/mol. The highest BCUT2D eigenvalue weighted by Crippen LogP contribution is 2.28. The summed E-state index contributed by atoms with van der Waals surface area (Å²) in [5, 5.41) is 4.45. The van der Waals surface area contributed by atoms with Crippen LogP contribution in [0.25, 0.3) is 0 Å². The lowest BCUT2D eigenvalue weighted by Crippen LogP contribution is -2.25. The molecular formula is C18H23ClN2OS. The van der Waals surface area contributed by atoms with E-state index in [0.29, 0.717) is 0 Å². The summed E-state index contributed by atoms with van der Waals surface area (Å²) < 4.78 is 1.41. The molecule has 0 bridgehead atoms. The van der Waals surface area contributed by atoms with Crippen molar-refractivity contribution in [2.45, 2.75) is 56.7 Å². The molecule has 0 aliphatic carbocycles. The average molecular weight is 351 g/mol. The standard InChI is InChI=1S/C18H23ClN2OS/c1-12(2)21-17(22)16(19)15(10-20-21)23-11-13-6-8-14(9-7-13)18(3,4)5/h6-10,12H,11H2,1-5H3. The van der Waals surface area contributed by atoms with Gasteiger partial charge in [0.2, 0.25) is 0 Å². The molecule has 0 spiro atoms. The van der Waals surface area contributed by atoms with Gasteiger partial charge in [0.05, 0.1) is 17.1 Å². The molecule has 0 unspecified atom stereocenters. The number of hydrogen-bond donors (Lipinski definition) is 0. The molecule has 0 saturated carbocycles. The predicted molar refractivity (Wildman–Crippen MR) is 98.6 cm³/mol. The summed E-state index contributed by atoms with van der Waals surface area (Å²) in [5.41, 5.74) is 2.44. The van der Waals surface area contributed by atoms with Crippen LogP contribution in [0.3, 0.4) is 0 Å². The van der Waals surface area contributed by atoms with Crippen LogP contribution in [0.1, 0.15) is 51.8 Å². The zero-order valence-corrected chi connectivity index (χ0v) is 15.8. The van der Waals surface area contributed by atoms with Gasteiger partial charge in [-0.3, -0.25) is 4.79 Å². The van der Waals surface area contributed by atoms with Gasteiger partial charge in [-0.05, 0) is 30.4 Å². The number of halogens is 1. The molecule has 0 atom stereocenters. The summed E-state index contributed by atoms with van der Waals surface area (Å²) in [5.74, 6) is 0.761. The molecule has 5 heteroatoms. The highest BCUT2D eigenvalue weighted by Gasteiger charge is 2.14. The molecule has 0 aliphatic rings. The molecule has 1 aromatic carbocycles. The van der Waals surface area contributed by atoms with Crippen LogP contribution in [0.15, 0.2) is 40.2 Å². The van der Waals surface area contributed by atoms with Crippen molar-refractivity contribution in [3.05, 3.63) is 57.0 Å². The summed E-state index contributed by atoms with van der Waals surface area (Å²) in [7, 11) is 0. The van der Waals surface area contributed by atoms with Crippen LogP contribution in [-0.2, 0) is 11.2 Å². The molecule has 2 aromatic rings. The maximum absolute atomic E-state index is 12.2. The summed E-state index contributed by atoms with van der Waals surface area (Å²) in [6.07, 6.45) is 1.68. The van der Waals surface area contributed by atoms with Crippen molar-refractivity contribution < 1.29 is 0 Å². The van der Waals surface area contributed by atoms with Crippen LogP contribution >= 0.6 is 23.4 Å². The van der Waals surface area contributed by atoms with Crippen molar-refractivity contribution >= 4 is 23.4 Å². The first-order chi connectivity index (χ1) is 10.7. The smallest absolute Gasteiger partial charge is 0.266 e. The fraction of sp³-hybridized carbons (Fsp3) is 0.444. The van der Waals surface area contributed by atoms with Gasteiger partial charge in [0, 0.05) is 5.75 Å². The lowest BCUT2D eigenvalue weighted by molar-refractivity contribution is 0.499. The quantitative estimate of drug-likeness (QED) is 0.722. The molecule has 1 heterocycles. The topological polar surface area (TPSA) is 34.9 Å². The van der Waals surface area contributed by atoms with Crippen LogP contribution in [0, 0.1) is 0 Å². The van der Waals surface area contributed by atoms with Crippen LogP contribution in [0.4, 0.5) is 0 Å². The molecule has 23 heavy (non-hydrogen) atoms. The second kappa shape index (κ2) is 7.10. The minimum absolute atomic E-state index is 0.00370. The average Bonchev–Trinajstić information content (AvgIpc) is 2.48. The number of nitrogens with zero attached hydrogens (tertiary/aromatic N) is 2. The first-order valence-corrected chi connectivity index (χ1v) is 9.06. The number of hydrogen-bond acceptors (Lipinski definition) is 3. The van der Waals surface area contributed by atoms with Crippen LogP contribution in [-0.4, -0.2) is 9.78 Å². The Morgan fingerprint density at radius 2 is 1.83 bits per heavy atom. The first kappa shape index (κ1) is 18.1. The molecule has 3 nitrogen and oxygen atoms in total. The molecule has 0 saturated heterocycles. The van der Waals surface area contributed by atoms with Crippen LogP contribution in [0.2, 0.25) is 5.02 Å². The molecule has 0 N–H and O–H groups in total. The minimum Gasteiger partial charge on any atom is -0.266 e. The highest BCUT2D eigenvalue weighted by molar-refractivity contribution is 7.98. The Bertz CT molecular complexity index is 730. The lowest BCUT2D eigenvalue weighted by Gasteiger charge is -2.19. The Balaban J connectivity index is 2.12. The van der Waals surface area contributed by atoms with Crippen molar-refractivity contribution in [3.8, 4) is 0 Å². The predicted octanol–water partition coefficient (Wildman–Crippen LogP) is 5.07. The third-order valence-electron chi connectivity index (χ3n) is 3.62. The molecule has 2 rings (SSSR count). The van der Waals surface area contributed by atoms with E-state index < -0.39 is 0 Å². The van der Waals surface area contributed by atoms with Gasteiger partial charge < -0.3 is 0 Å². The number of aromatic nitrogens is 2. The van der Waals surface area contributed by atoms with Crippen molar-refractivity contribution in [3.63, 3.8) is 0 Å². The Morgan fingerprint density at radius 3 is 2.35 bits per heavy atom. The number of thioether (sulfide) groups is 1. The Kier molecular flexibility index (Phi) is 5.58. The van der Waals surface area contributed by atoms with Crippen LogP contribution in [0.5, 0.6) is 0 Å². The molecule has 0 aliphatic heterocycles. The molecule has 0 fully saturated rings. The molecule has 0 radical (unpaired) electrons. The van der Waals surface area contributed by atoms with Gasteiger partial charge in [-0.25, -0.2) is 4.68 Å². The van der Waals surface area contributed by atoms with E-state index in [9.17, 15) is 4.79 Å². The summed E-state index contributed by atoms with van der Waals surface area (Å²) in [6.45, 7) is 10.4. The van der Waals surface area contributed by atoms with E-state index in [0.717, 1.165) is 10.6 Å². The normalized spacial score (nSPS) is 12.0. The van der Waals surface area contributed by atoms with E-state index in [1.54, 1.807) is 18.0 Å². The summed E-state index contributed by atoms with van der Waals surface area (Å²) in [6, 6.07) is 8.58. The van der Waals surface area contributed by atoms with Gasteiger partial charge in [-0.15, -0.1) is 11.8 Å². The van der Waals surface area contributed by atoms with Crippen molar-refractivity contribution in [1.29, 1.82) is 0 Å². The fourth-order valence-electron chi connectivity index (χ4n) is 2.16. The van der Waals surface area contributed by atoms with E-state index in [-0.39, 0.29) is 22.0 Å². The van der Waals surface area contributed by atoms with E-state index in [1.165, 1.54) is 15.8 Å². The van der Waals surface area contributed by atoms with Gasteiger partial charge in [-0.2, -0.15) is 5.10 Å². The highest BCUT2D eigenvalue weighted by atomic mass is 35.5. The molecule has 124 valence electrons. The minimum atomic E-state index is -0.227. The number of benzene rings is 1. The van der Waals surface area contributed by atoms with E-state index in [1.807, 2.05) is 13.8 Å².